The van der Waals surface area contributed by atoms with Crippen molar-refractivity contribution in [3.63, 3.8) is 0 Å². The van der Waals surface area contributed by atoms with Gasteiger partial charge in [0, 0.05) is 19.6 Å². The highest BCUT2D eigenvalue weighted by atomic mass is 16.5. The lowest BCUT2D eigenvalue weighted by atomic mass is 10.2. The lowest BCUT2D eigenvalue weighted by Gasteiger charge is -2.30. The first kappa shape index (κ1) is 9.12. The summed E-state index contributed by atoms with van der Waals surface area (Å²) in [4.78, 5) is 5.97. The molecule has 6 nitrogen and oxygen atoms in total. The largest absolute Gasteiger partial charge is 0.343 e. The minimum Gasteiger partial charge on any atom is -0.343 e. The molecule has 1 aromatic rings. The summed E-state index contributed by atoms with van der Waals surface area (Å²) in [6, 6.07) is 2.15. The first-order chi connectivity index (χ1) is 6.90. The third-order valence-corrected chi connectivity index (χ3v) is 2.25. The zero-order chi connectivity index (χ0) is 9.80. The number of nitriles is 1. The number of hydrogen-bond donors (Lipinski definition) is 1. The van der Waals surface area contributed by atoms with Crippen molar-refractivity contribution in [3.8, 4) is 6.07 Å². The standard InChI is InChI=1S/C8H11N5O/c9-3-7-4-10-1-2-13(7)5-8-11-6-14-12-8/h6-7,10H,1-2,4-5H2. The molecule has 6 heteroatoms. The van der Waals surface area contributed by atoms with Crippen LogP contribution in [-0.2, 0) is 6.54 Å². The van der Waals surface area contributed by atoms with Gasteiger partial charge >= 0.3 is 0 Å². The third-order valence-electron chi connectivity index (χ3n) is 2.25. The lowest BCUT2D eigenvalue weighted by molar-refractivity contribution is 0.183. The van der Waals surface area contributed by atoms with Gasteiger partial charge in [0.15, 0.2) is 5.82 Å². The van der Waals surface area contributed by atoms with E-state index in [1.807, 2.05) is 4.90 Å². The second-order valence-electron chi connectivity index (χ2n) is 3.17. The van der Waals surface area contributed by atoms with Crippen molar-refractivity contribution >= 4 is 0 Å². The molecule has 1 atom stereocenters. The second kappa shape index (κ2) is 4.17. The van der Waals surface area contributed by atoms with Crippen molar-refractivity contribution < 1.29 is 4.52 Å². The summed E-state index contributed by atoms with van der Waals surface area (Å²) in [5.74, 6) is 0.632. The first-order valence-corrected chi connectivity index (χ1v) is 4.50. The molecule has 1 saturated heterocycles. The van der Waals surface area contributed by atoms with Crippen molar-refractivity contribution in [2.24, 2.45) is 0 Å². The highest BCUT2D eigenvalue weighted by Crippen LogP contribution is 2.06. The van der Waals surface area contributed by atoms with Gasteiger partial charge in [-0.2, -0.15) is 10.2 Å². The molecule has 74 valence electrons. The molecule has 2 rings (SSSR count). The molecule has 0 radical (unpaired) electrons. The van der Waals surface area contributed by atoms with Crippen LogP contribution in [0.2, 0.25) is 0 Å². The topological polar surface area (TPSA) is 78.0 Å². The molecule has 0 amide bonds. The molecule has 0 bridgehead atoms. The van der Waals surface area contributed by atoms with Gasteiger partial charge in [-0.1, -0.05) is 5.16 Å². The summed E-state index contributed by atoms with van der Waals surface area (Å²) in [5, 5.41) is 15.8. The van der Waals surface area contributed by atoms with Crippen molar-refractivity contribution in [1.29, 1.82) is 5.26 Å². The van der Waals surface area contributed by atoms with E-state index in [0.29, 0.717) is 18.9 Å². The van der Waals surface area contributed by atoms with Crippen molar-refractivity contribution in [2.75, 3.05) is 19.6 Å². The summed E-state index contributed by atoms with van der Waals surface area (Å²) in [6.45, 7) is 3.02. The van der Waals surface area contributed by atoms with Crippen LogP contribution in [0.25, 0.3) is 0 Å². The maximum Gasteiger partial charge on any atom is 0.213 e. The van der Waals surface area contributed by atoms with Gasteiger partial charge in [-0.3, -0.25) is 4.90 Å². The van der Waals surface area contributed by atoms with E-state index in [1.165, 1.54) is 6.39 Å². The Morgan fingerprint density at radius 1 is 1.79 bits per heavy atom. The quantitative estimate of drug-likeness (QED) is 0.673. The van der Waals surface area contributed by atoms with Crippen LogP contribution in [-0.4, -0.2) is 40.7 Å². The van der Waals surface area contributed by atoms with E-state index in [1.54, 1.807) is 0 Å². The van der Waals surface area contributed by atoms with Crippen molar-refractivity contribution in [3.05, 3.63) is 12.2 Å². The van der Waals surface area contributed by atoms with Crippen LogP contribution in [0.1, 0.15) is 5.82 Å². The SMILES string of the molecule is N#CC1CNCCN1Cc1ncon1. The maximum absolute atomic E-state index is 8.89. The molecular weight excluding hydrogens is 182 g/mol. The fraction of sp³-hybridized carbons (Fsp3) is 0.625. The molecule has 0 aliphatic carbocycles. The van der Waals surface area contributed by atoms with E-state index in [2.05, 4.69) is 26.0 Å². The summed E-state index contributed by atoms with van der Waals surface area (Å²) in [5.41, 5.74) is 0. The Bertz CT molecular complexity index is 317. The summed E-state index contributed by atoms with van der Waals surface area (Å²) < 4.78 is 4.64. The van der Waals surface area contributed by atoms with Crippen molar-refractivity contribution in [2.45, 2.75) is 12.6 Å². The molecule has 1 fully saturated rings. The molecule has 1 aliphatic heterocycles. The Kier molecular flexibility index (Phi) is 2.72. The van der Waals surface area contributed by atoms with Crippen molar-refractivity contribution in [1.82, 2.24) is 20.4 Å². The van der Waals surface area contributed by atoms with E-state index in [0.717, 1.165) is 13.1 Å². The van der Waals surface area contributed by atoms with Gasteiger partial charge in [-0.15, -0.1) is 0 Å². The molecule has 2 heterocycles. The van der Waals surface area contributed by atoms with Crippen LogP contribution < -0.4 is 5.32 Å². The van der Waals surface area contributed by atoms with Gasteiger partial charge in [0.2, 0.25) is 6.39 Å². The average Bonchev–Trinajstić information content (AvgIpc) is 2.71. The number of hydrogen-bond acceptors (Lipinski definition) is 6. The van der Waals surface area contributed by atoms with Gasteiger partial charge < -0.3 is 9.84 Å². The molecular formula is C8H11N5O. The van der Waals surface area contributed by atoms with E-state index in [9.17, 15) is 0 Å². The molecule has 1 aliphatic rings. The number of rotatable bonds is 2. The predicted octanol–water partition coefficient (Wildman–Crippen LogP) is -0.633. The van der Waals surface area contributed by atoms with Crippen LogP contribution in [0, 0.1) is 11.3 Å². The fourth-order valence-corrected chi connectivity index (χ4v) is 1.51. The number of piperazine rings is 1. The Hall–Kier alpha value is -1.45. The van der Waals surface area contributed by atoms with Gasteiger partial charge in [-0.25, -0.2) is 0 Å². The average molecular weight is 193 g/mol. The van der Waals surface area contributed by atoms with Crippen LogP contribution in [0.15, 0.2) is 10.9 Å². The zero-order valence-electron chi connectivity index (χ0n) is 7.68. The Labute approximate surface area is 81.5 Å². The van der Waals surface area contributed by atoms with E-state index in [4.69, 9.17) is 5.26 Å². The third kappa shape index (κ3) is 1.89. The van der Waals surface area contributed by atoms with Crippen LogP contribution >= 0.6 is 0 Å². The molecule has 0 spiro atoms. The number of nitrogens with zero attached hydrogens (tertiary/aromatic N) is 4. The predicted molar refractivity (Wildman–Crippen MR) is 47.0 cm³/mol. The van der Waals surface area contributed by atoms with E-state index in [-0.39, 0.29) is 6.04 Å². The Morgan fingerprint density at radius 3 is 3.43 bits per heavy atom. The maximum atomic E-state index is 8.89. The molecule has 1 N–H and O–H groups in total. The molecule has 14 heavy (non-hydrogen) atoms. The lowest BCUT2D eigenvalue weighted by Crippen LogP contribution is -2.50. The second-order valence-corrected chi connectivity index (χ2v) is 3.17. The monoisotopic (exact) mass is 193 g/mol. The number of nitrogens with one attached hydrogen (secondary N) is 1. The number of aromatic nitrogens is 2. The zero-order valence-corrected chi connectivity index (χ0v) is 7.68. The molecule has 1 aromatic heterocycles. The molecule has 0 aromatic carbocycles. The Morgan fingerprint density at radius 2 is 2.71 bits per heavy atom. The van der Waals surface area contributed by atoms with E-state index >= 15 is 0 Å². The Balaban J connectivity index is 1.99. The smallest absolute Gasteiger partial charge is 0.213 e. The van der Waals surface area contributed by atoms with Gasteiger partial charge in [0.25, 0.3) is 0 Å². The van der Waals surface area contributed by atoms with Gasteiger partial charge in [0.1, 0.15) is 6.04 Å². The van der Waals surface area contributed by atoms with Gasteiger partial charge in [0.05, 0.1) is 12.6 Å². The first-order valence-electron chi connectivity index (χ1n) is 4.50. The highest BCUT2D eigenvalue weighted by molar-refractivity contribution is 4.97. The van der Waals surface area contributed by atoms with Crippen LogP contribution in [0.5, 0.6) is 0 Å². The summed E-state index contributed by atoms with van der Waals surface area (Å²) >= 11 is 0. The van der Waals surface area contributed by atoms with Crippen LogP contribution in [0.3, 0.4) is 0 Å². The van der Waals surface area contributed by atoms with Crippen LogP contribution in [0.4, 0.5) is 0 Å². The summed E-state index contributed by atoms with van der Waals surface area (Å²) in [7, 11) is 0. The fourth-order valence-electron chi connectivity index (χ4n) is 1.51. The molecule has 1 unspecified atom stereocenters. The minimum atomic E-state index is -0.0951. The molecule has 0 saturated carbocycles. The minimum absolute atomic E-state index is 0.0951. The van der Waals surface area contributed by atoms with Gasteiger partial charge in [-0.05, 0) is 0 Å². The summed E-state index contributed by atoms with van der Waals surface area (Å²) in [6.07, 6.45) is 1.30. The van der Waals surface area contributed by atoms with E-state index < -0.39 is 0 Å². The normalized spacial score (nSPS) is 23.2. The highest BCUT2D eigenvalue weighted by Gasteiger charge is 2.22.